The van der Waals surface area contributed by atoms with Crippen LogP contribution < -0.4 is 10.6 Å². The first-order chi connectivity index (χ1) is 8.58. The number of aromatic nitrogens is 2. The summed E-state index contributed by atoms with van der Waals surface area (Å²) in [5.74, 6) is -0.447. The molecule has 0 fully saturated rings. The van der Waals surface area contributed by atoms with Crippen molar-refractivity contribution < 1.29 is 9.18 Å². The molecule has 2 N–H and O–H groups in total. The van der Waals surface area contributed by atoms with Gasteiger partial charge < -0.3 is 10.6 Å². The third-order valence-electron chi connectivity index (χ3n) is 2.42. The number of hydrogen-bond donors (Lipinski definition) is 1. The summed E-state index contributed by atoms with van der Waals surface area (Å²) in [7, 11) is 1.58. The molecule has 0 unspecified atom stereocenters. The summed E-state index contributed by atoms with van der Waals surface area (Å²) in [6, 6.07) is 8.58. The van der Waals surface area contributed by atoms with Gasteiger partial charge >= 0.3 is 0 Å². The topological polar surface area (TPSA) is 72.1 Å². The van der Waals surface area contributed by atoms with Crippen LogP contribution in [0.3, 0.4) is 0 Å². The van der Waals surface area contributed by atoms with Gasteiger partial charge in [0.2, 0.25) is 0 Å². The molecule has 6 heteroatoms. The molecule has 1 amide bonds. The van der Waals surface area contributed by atoms with Gasteiger partial charge in [0.05, 0.1) is 0 Å². The van der Waals surface area contributed by atoms with Gasteiger partial charge in [-0.2, -0.15) is 0 Å². The highest BCUT2D eigenvalue weighted by atomic mass is 19.1. The number of hydrogen-bond acceptors (Lipinski definition) is 4. The van der Waals surface area contributed by atoms with Gasteiger partial charge in [-0.05, 0) is 36.4 Å². The molecular weight excluding hydrogens is 235 g/mol. The summed E-state index contributed by atoms with van der Waals surface area (Å²) in [5, 5.41) is 7.31. The van der Waals surface area contributed by atoms with E-state index in [1.54, 1.807) is 7.05 Å². The number of halogens is 1. The van der Waals surface area contributed by atoms with E-state index in [9.17, 15) is 9.18 Å². The summed E-state index contributed by atoms with van der Waals surface area (Å²) in [4.78, 5) is 13.4. The first-order valence-corrected chi connectivity index (χ1v) is 5.21. The van der Waals surface area contributed by atoms with Gasteiger partial charge in [-0.3, -0.25) is 4.79 Å². The Labute approximate surface area is 103 Å². The van der Waals surface area contributed by atoms with Crippen LogP contribution >= 0.6 is 0 Å². The Kier molecular flexibility index (Phi) is 3.18. The lowest BCUT2D eigenvalue weighted by atomic mass is 10.2. The maximum Gasteiger partial charge on any atom is 0.278 e. The minimum atomic E-state index is -0.355. The maximum atomic E-state index is 12.8. The number of carbonyl (C=O) groups is 1. The van der Waals surface area contributed by atoms with Crippen molar-refractivity contribution in [3.8, 4) is 0 Å². The second-order valence-corrected chi connectivity index (χ2v) is 3.68. The number of rotatable bonds is 2. The van der Waals surface area contributed by atoms with Crippen molar-refractivity contribution >= 4 is 17.4 Å². The molecule has 0 aliphatic rings. The highest BCUT2D eigenvalue weighted by Crippen LogP contribution is 2.15. The zero-order valence-corrected chi connectivity index (χ0v) is 9.67. The van der Waals surface area contributed by atoms with Crippen molar-refractivity contribution in [2.24, 2.45) is 0 Å². The monoisotopic (exact) mass is 246 g/mol. The van der Waals surface area contributed by atoms with Crippen molar-refractivity contribution in [2.75, 3.05) is 17.7 Å². The predicted molar refractivity (Wildman–Crippen MR) is 65.6 cm³/mol. The van der Waals surface area contributed by atoms with Crippen LogP contribution in [0.25, 0.3) is 0 Å². The quantitative estimate of drug-likeness (QED) is 0.871. The number of amides is 1. The lowest BCUT2D eigenvalue weighted by molar-refractivity contribution is 0.0987. The molecule has 2 aromatic rings. The Morgan fingerprint density at radius 1 is 1.17 bits per heavy atom. The molecule has 2 rings (SSSR count). The van der Waals surface area contributed by atoms with Crippen LogP contribution in [0.1, 0.15) is 10.5 Å². The largest absolute Gasteiger partial charge is 0.382 e. The van der Waals surface area contributed by atoms with E-state index in [1.807, 2.05) is 0 Å². The lowest BCUT2D eigenvalue weighted by Gasteiger charge is -2.16. The van der Waals surface area contributed by atoms with Gasteiger partial charge in [-0.1, -0.05) is 0 Å². The van der Waals surface area contributed by atoms with Crippen molar-refractivity contribution in [2.45, 2.75) is 0 Å². The molecule has 1 aromatic heterocycles. The van der Waals surface area contributed by atoms with Crippen LogP contribution in [0.2, 0.25) is 0 Å². The molecule has 0 aliphatic carbocycles. The molecule has 0 spiro atoms. The second kappa shape index (κ2) is 4.79. The van der Waals surface area contributed by atoms with E-state index in [2.05, 4.69) is 10.2 Å². The minimum absolute atomic E-state index is 0.177. The van der Waals surface area contributed by atoms with Gasteiger partial charge in [-0.15, -0.1) is 10.2 Å². The summed E-state index contributed by atoms with van der Waals surface area (Å²) < 4.78 is 12.8. The minimum Gasteiger partial charge on any atom is -0.382 e. The third kappa shape index (κ3) is 2.42. The average molecular weight is 246 g/mol. The van der Waals surface area contributed by atoms with Crippen molar-refractivity contribution in [3.63, 3.8) is 0 Å². The van der Waals surface area contributed by atoms with E-state index >= 15 is 0 Å². The smallest absolute Gasteiger partial charge is 0.278 e. The molecule has 0 radical (unpaired) electrons. The van der Waals surface area contributed by atoms with E-state index in [0.29, 0.717) is 5.69 Å². The zero-order valence-electron chi connectivity index (χ0n) is 9.67. The van der Waals surface area contributed by atoms with Crippen LogP contribution in [0.4, 0.5) is 15.9 Å². The summed E-state index contributed by atoms with van der Waals surface area (Å²) in [6.45, 7) is 0. The predicted octanol–water partition coefficient (Wildman–Crippen LogP) is 1.47. The number of benzene rings is 1. The fourth-order valence-corrected chi connectivity index (χ4v) is 1.41. The van der Waals surface area contributed by atoms with E-state index in [4.69, 9.17) is 5.73 Å². The van der Waals surface area contributed by atoms with Crippen molar-refractivity contribution in [1.29, 1.82) is 0 Å². The summed E-state index contributed by atoms with van der Waals surface area (Å²) in [5.41, 5.74) is 6.14. The Balaban J connectivity index is 2.23. The van der Waals surface area contributed by atoms with Crippen LogP contribution in [0.15, 0.2) is 36.4 Å². The highest BCUT2D eigenvalue weighted by molar-refractivity contribution is 6.04. The van der Waals surface area contributed by atoms with Crippen LogP contribution in [-0.4, -0.2) is 23.2 Å². The number of nitrogens with zero attached hydrogens (tertiary/aromatic N) is 3. The second-order valence-electron chi connectivity index (χ2n) is 3.68. The molecule has 0 saturated carbocycles. The zero-order chi connectivity index (χ0) is 13.1. The van der Waals surface area contributed by atoms with E-state index in [-0.39, 0.29) is 23.2 Å². The Hall–Kier alpha value is -2.50. The summed E-state index contributed by atoms with van der Waals surface area (Å²) in [6.07, 6.45) is 0. The van der Waals surface area contributed by atoms with Crippen LogP contribution in [-0.2, 0) is 0 Å². The Bertz CT molecular complexity index is 553. The molecular formula is C12H11FN4O. The van der Waals surface area contributed by atoms with Crippen molar-refractivity contribution in [1.82, 2.24) is 10.2 Å². The van der Waals surface area contributed by atoms with Gasteiger partial charge in [0.1, 0.15) is 11.6 Å². The SMILES string of the molecule is CN(C(=O)c1ccc(N)nn1)c1ccc(F)cc1. The lowest BCUT2D eigenvalue weighted by Crippen LogP contribution is -2.27. The molecule has 0 bridgehead atoms. The molecule has 5 nitrogen and oxygen atoms in total. The van der Waals surface area contributed by atoms with E-state index in [0.717, 1.165) is 0 Å². The van der Waals surface area contributed by atoms with Crippen LogP contribution in [0, 0.1) is 5.82 Å². The Morgan fingerprint density at radius 3 is 2.39 bits per heavy atom. The Morgan fingerprint density at radius 2 is 1.83 bits per heavy atom. The van der Waals surface area contributed by atoms with Gasteiger partial charge in [0, 0.05) is 12.7 Å². The van der Waals surface area contributed by atoms with Gasteiger partial charge in [-0.25, -0.2) is 4.39 Å². The third-order valence-corrected chi connectivity index (χ3v) is 2.42. The molecule has 1 aromatic carbocycles. The van der Waals surface area contributed by atoms with Gasteiger partial charge in [0.25, 0.3) is 5.91 Å². The van der Waals surface area contributed by atoms with Crippen molar-refractivity contribution in [3.05, 3.63) is 47.9 Å². The summed E-state index contributed by atoms with van der Waals surface area (Å²) >= 11 is 0. The number of anilines is 2. The first kappa shape index (κ1) is 12.0. The van der Waals surface area contributed by atoms with E-state index in [1.165, 1.54) is 41.3 Å². The van der Waals surface area contributed by atoms with Gasteiger partial charge in [0.15, 0.2) is 5.69 Å². The average Bonchev–Trinajstić information content (AvgIpc) is 2.39. The fourth-order valence-electron chi connectivity index (χ4n) is 1.41. The maximum absolute atomic E-state index is 12.8. The molecule has 0 aliphatic heterocycles. The molecule has 0 atom stereocenters. The number of carbonyl (C=O) groups excluding carboxylic acids is 1. The molecule has 1 heterocycles. The number of nitrogen functional groups attached to an aromatic ring is 1. The molecule has 92 valence electrons. The first-order valence-electron chi connectivity index (χ1n) is 5.21. The van der Waals surface area contributed by atoms with E-state index < -0.39 is 0 Å². The fraction of sp³-hybridized carbons (Fsp3) is 0.0833. The number of nitrogens with two attached hydrogens (primary N) is 1. The highest BCUT2D eigenvalue weighted by Gasteiger charge is 2.15. The molecule has 18 heavy (non-hydrogen) atoms. The van der Waals surface area contributed by atoms with Crippen LogP contribution in [0.5, 0.6) is 0 Å². The normalized spacial score (nSPS) is 10.1. The standard InChI is InChI=1S/C12H11FN4O/c1-17(9-4-2-8(13)3-5-9)12(18)10-6-7-11(14)16-15-10/h2-7H,1H3,(H2,14,16). The molecule has 0 saturated heterocycles.